The quantitative estimate of drug-likeness (QED) is 0.834. The largest absolute Gasteiger partial charge is 0.320 e. The van der Waals surface area contributed by atoms with Gasteiger partial charge in [0.1, 0.15) is 0 Å². The maximum absolute atomic E-state index is 11.9. The van der Waals surface area contributed by atoms with Crippen molar-refractivity contribution in [1.82, 2.24) is 4.90 Å². The predicted octanol–water partition coefficient (Wildman–Crippen LogP) is 1.32. The van der Waals surface area contributed by atoms with Crippen LogP contribution < -0.4 is 5.73 Å². The van der Waals surface area contributed by atoms with E-state index in [1.807, 2.05) is 19.9 Å². The number of hydrogen-bond donors (Lipinski definition) is 1. The third-order valence-corrected chi connectivity index (χ3v) is 3.66. The Morgan fingerprint density at radius 1 is 1.32 bits per heavy atom. The van der Waals surface area contributed by atoms with Crippen molar-refractivity contribution in [3.8, 4) is 0 Å². The lowest BCUT2D eigenvalue weighted by Crippen LogP contribution is -2.51. The molecule has 1 aliphatic heterocycles. The van der Waals surface area contributed by atoms with Crippen molar-refractivity contribution in [3.05, 3.63) is 34.9 Å². The van der Waals surface area contributed by atoms with Crippen molar-refractivity contribution < 1.29 is 9.59 Å². The summed E-state index contributed by atoms with van der Waals surface area (Å²) >= 11 is 0. The van der Waals surface area contributed by atoms with Crippen LogP contribution in [0.15, 0.2) is 18.2 Å². The Balaban J connectivity index is 2.05. The maximum atomic E-state index is 11.9. The Kier molecular flexibility index (Phi) is 4.00. The molecule has 0 saturated carbocycles. The molecular formula is C15H20N2O2. The van der Waals surface area contributed by atoms with E-state index >= 15 is 0 Å². The number of nitrogens with two attached hydrogens (primary N) is 1. The second kappa shape index (κ2) is 5.53. The monoisotopic (exact) mass is 260 g/mol. The SMILES string of the molecule is Cc1ccc(CCN2C(=O)CCC(N)C2=O)c(C)c1. The van der Waals surface area contributed by atoms with Gasteiger partial charge in [0.15, 0.2) is 0 Å². The number of imide groups is 1. The zero-order valence-electron chi connectivity index (χ0n) is 11.5. The summed E-state index contributed by atoms with van der Waals surface area (Å²) in [6, 6.07) is 5.70. The minimum Gasteiger partial charge on any atom is -0.320 e. The molecule has 1 heterocycles. The van der Waals surface area contributed by atoms with E-state index in [0.717, 1.165) is 0 Å². The number of amides is 2. The Bertz CT molecular complexity index is 511. The van der Waals surface area contributed by atoms with Crippen molar-refractivity contribution in [2.75, 3.05) is 6.54 Å². The van der Waals surface area contributed by atoms with Crippen LogP contribution in [-0.4, -0.2) is 29.3 Å². The van der Waals surface area contributed by atoms with E-state index in [9.17, 15) is 9.59 Å². The van der Waals surface area contributed by atoms with Gasteiger partial charge in [-0.1, -0.05) is 23.8 Å². The van der Waals surface area contributed by atoms with Crippen LogP contribution >= 0.6 is 0 Å². The van der Waals surface area contributed by atoms with Crippen LogP contribution in [-0.2, 0) is 16.0 Å². The normalized spacial score (nSPS) is 19.9. The average molecular weight is 260 g/mol. The fourth-order valence-electron chi connectivity index (χ4n) is 2.45. The Morgan fingerprint density at radius 2 is 2.05 bits per heavy atom. The number of benzene rings is 1. The number of carbonyl (C=O) groups excluding carboxylic acids is 2. The highest BCUT2D eigenvalue weighted by Gasteiger charge is 2.31. The minimum absolute atomic E-state index is 0.100. The van der Waals surface area contributed by atoms with E-state index in [1.165, 1.54) is 21.6 Å². The lowest BCUT2D eigenvalue weighted by atomic mass is 10.0. The van der Waals surface area contributed by atoms with E-state index in [2.05, 4.69) is 12.1 Å². The van der Waals surface area contributed by atoms with Gasteiger partial charge in [0.05, 0.1) is 6.04 Å². The van der Waals surface area contributed by atoms with Crippen LogP contribution in [0.2, 0.25) is 0 Å². The predicted molar refractivity (Wildman–Crippen MR) is 73.5 cm³/mol. The minimum atomic E-state index is -0.517. The summed E-state index contributed by atoms with van der Waals surface area (Å²) in [5.74, 6) is -0.336. The van der Waals surface area contributed by atoms with Crippen molar-refractivity contribution in [3.63, 3.8) is 0 Å². The van der Waals surface area contributed by atoms with Gasteiger partial charge in [-0.3, -0.25) is 14.5 Å². The second-order valence-electron chi connectivity index (χ2n) is 5.21. The summed E-state index contributed by atoms with van der Waals surface area (Å²) in [5, 5.41) is 0. The molecule has 0 bridgehead atoms. The molecule has 2 amide bonds. The van der Waals surface area contributed by atoms with E-state index in [0.29, 0.717) is 25.8 Å². The highest BCUT2D eigenvalue weighted by molar-refractivity contribution is 6.00. The van der Waals surface area contributed by atoms with E-state index < -0.39 is 6.04 Å². The molecule has 102 valence electrons. The molecule has 1 atom stereocenters. The summed E-state index contributed by atoms with van der Waals surface area (Å²) in [4.78, 5) is 24.9. The van der Waals surface area contributed by atoms with Gasteiger partial charge in [-0.25, -0.2) is 0 Å². The lowest BCUT2D eigenvalue weighted by molar-refractivity contribution is -0.149. The zero-order chi connectivity index (χ0) is 14.0. The van der Waals surface area contributed by atoms with Gasteiger partial charge in [-0.05, 0) is 37.8 Å². The van der Waals surface area contributed by atoms with Crippen LogP contribution in [0.25, 0.3) is 0 Å². The molecule has 0 aliphatic carbocycles. The highest BCUT2D eigenvalue weighted by atomic mass is 16.2. The molecule has 2 N–H and O–H groups in total. The first-order chi connectivity index (χ1) is 8.99. The average Bonchev–Trinajstić information content (AvgIpc) is 2.36. The van der Waals surface area contributed by atoms with Crippen LogP contribution in [0.1, 0.15) is 29.5 Å². The number of piperidine rings is 1. The van der Waals surface area contributed by atoms with Crippen molar-refractivity contribution in [2.45, 2.75) is 39.2 Å². The van der Waals surface area contributed by atoms with Gasteiger partial charge in [0, 0.05) is 13.0 Å². The standard InChI is InChI=1S/C15H20N2O2/c1-10-3-4-12(11(2)9-10)7-8-17-14(18)6-5-13(16)15(17)19/h3-4,9,13H,5-8,16H2,1-2H3. The fourth-order valence-corrected chi connectivity index (χ4v) is 2.45. The molecule has 1 aromatic rings. The summed E-state index contributed by atoms with van der Waals surface area (Å²) in [5.41, 5.74) is 9.29. The van der Waals surface area contributed by atoms with Crippen LogP contribution in [0.4, 0.5) is 0 Å². The fraction of sp³-hybridized carbons (Fsp3) is 0.467. The third kappa shape index (κ3) is 3.01. The molecule has 0 spiro atoms. The number of carbonyl (C=O) groups is 2. The van der Waals surface area contributed by atoms with Gasteiger partial charge < -0.3 is 5.73 Å². The molecule has 1 aromatic carbocycles. The lowest BCUT2D eigenvalue weighted by Gasteiger charge is -2.28. The molecule has 0 aromatic heterocycles. The molecular weight excluding hydrogens is 240 g/mol. The number of nitrogens with zero attached hydrogens (tertiary/aromatic N) is 1. The molecule has 4 heteroatoms. The maximum Gasteiger partial charge on any atom is 0.246 e. The smallest absolute Gasteiger partial charge is 0.246 e. The topological polar surface area (TPSA) is 63.4 Å². The Labute approximate surface area is 113 Å². The van der Waals surface area contributed by atoms with Crippen LogP contribution in [0.5, 0.6) is 0 Å². The van der Waals surface area contributed by atoms with Gasteiger partial charge >= 0.3 is 0 Å². The molecule has 1 unspecified atom stereocenters. The molecule has 4 nitrogen and oxygen atoms in total. The molecule has 0 radical (unpaired) electrons. The summed E-state index contributed by atoms with van der Waals surface area (Å²) in [6.07, 6.45) is 1.54. The Hall–Kier alpha value is -1.68. The van der Waals surface area contributed by atoms with Gasteiger partial charge in [-0.15, -0.1) is 0 Å². The Morgan fingerprint density at radius 3 is 2.74 bits per heavy atom. The molecule has 1 aliphatic rings. The molecule has 19 heavy (non-hydrogen) atoms. The first-order valence-electron chi connectivity index (χ1n) is 6.65. The molecule has 1 saturated heterocycles. The first-order valence-corrected chi connectivity index (χ1v) is 6.65. The number of aryl methyl sites for hydroxylation is 2. The van der Waals surface area contributed by atoms with Gasteiger partial charge in [0.25, 0.3) is 0 Å². The summed E-state index contributed by atoms with van der Waals surface area (Å²) in [6.45, 7) is 4.52. The van der Waals surface area contributed by atoms with Crippen LogP contribution in [0, 0.1) is 13.8 Å². The number of hydrogen-bond acceptors (Lipinski definition) is 3. The van der Waals surface area contributed by atoms with Crippen molar-refractivity contribution in [2.24, 2.45) is 5.73 Å². The van der Waals surface area contributed by atoms with Gasteiger partial charge in [-0.2, -0.15) is 0 Å². The summed E-state index contributed by atoms with van der Waals surface area (Å²) in [7, 11) is 0. The third-order valence-electron chi connectivity index (χ3n) is 3.66. The van der Waals surface area contributed by atoms with Crippen molar-refractivity contribution in [1.29, 1.82) is 0 Å². The molecule has 1 fully saturated rings. The van der Waals surface area contributed by atoms with Crippen molar-refractivity contribution >= 4 is 11.8 Å². The molecule has 2 rings (SSSR count). The number of likely N-dealkylation sites (tertiary alicyclic amines) is 1. The number of rotatable bonds is 3. The zero-order valence-corrected chi connectivity index (χ0v) is 11.5. The first kappa shape index (κ1) is 13.7. The summed E-state index contributed by atoms with van der Waals surface area (Å²) < 4.78 is 0. The van der Waals surface area contributed by atoms with E-state index in [1.54, 1.807) is 0 Å². The van der Waals surface area contributed by atoms with E-state index in [-0.39, 0.29) is 11.8 Å². The van der Waals surface area contributed by atoms with E-state index in [4.69, 9.17) is 5.73 Å². The van der Waals surface area contributed by atoms with Gasteiger partial charge in [0.2, 0.25) is 11.8 Å². The second-order valence-corrected chi connectivity index (χ2v) is 5.21. The highest BCUT2D eigenvalue weighted by Crippen LogP contribution is 2.15. The van der Waals surface area contributed by atoms with Crippen LogP contribution in [0.3, 0.4) is 0 Å².